The van der Waals surface area contributed by atoms with Crippen LogP contribution < -0.4 is 11.1 Å². The van der Waals surface area contributed by atoms with Gasteiger partial charge >= 0.3 is 0 Å². The van der Waals surface area contributed by atoms with Crippen LogP contribution in [0.1, 0.15) is 31.9 Å². The molecule has 0 aliphatic rings. The number of unbranched alkanes of at least 4 members (excludes halogenated alkanes) is 1. The fraction of sp³-hybridized carbons (Fsp3) is 0.375. The SMILES string of the molecule is CCCC[C@H](N)C(=O)Nc1cccc2ccc(C)nc12. The molecule has 20 heavy (non-hydrogen) atoms. The molecule has 1 aromatic heterocycles. The van der Waals surface area contributed by atoms with Crippen molar-refractivity contribution in [1.82, 2.24) is 4.98 Å². The number of nitrogens with one attached hydrogen (secondary N) is 1. The van der Waals surface area contributed by atoms with Crippen molar-refractivity contribution in [1.29, 1.82) is 0 Å². The zero-order valence-corrected chi connectivity index (χ0v) is 12.0. The third kappa shape index (κ3) is 3.33. The first-order valence-corrected chi connectivity index (χ1v) is 7.04. The highest BCUT2D eigenvalue weighted by Crippen LogP contribution is 2.22. The summed E-state index contributed by atoms with van der Waals surface area (Å²) in [5.74, 6) is -0.144. The van der Waals surface area contributed by atoms with E-state index in [9.17, 15) is 4.79 Å². The number of fused-ring (bicyclic) bond motifs is 1. The van der Waals surface area contributed by atoms with E-state index in [0.29, 0.717) is 6.42 Å². The van der Waals surface area contributed by atoms with Gasteiger partial charge in [0.2, 0.25) is 5.91 Å². The van der Waals surface area contributed by atoms with Crippen LogP contribution in [0.4, 0.5) is 5.69 Å². The van der Waals surface area contributed by atoms with Crippen LogP contribution in [0.5, 0.6) is 0 Å². The van der Waals surface area contributed by atoms with Crippen LogP contribution in [-0.2, 0) is 4.79 Å². The molecule has 3 N–H and O–H groups in total. The highest BCUT2D eigenvalue weighted by Gasteiger charge is 2.14. The Hall–Kier alpha value is -1.94. The second-order valence-corrected chi connectivity index (χ2v) is 5.07. The van der Waals surface area contributed by atoms with Crippen molar-refractivity contribution < 1.29 is 4.79 Å². The summed E-state index contributed by atoms with van der Waals surface area (Å²) in [5, 5.41) is 3.90. The van der Waals surface area contributed by atoms with Crippen molar-refractivity contribution in [3.63, 3.8) is 0 Å². The molecule has 1 heterocycles. The Morgan fingerprint density at radius 3 is 2.90 bits per heavy atom. The summed E-state index contributed by atoms with van der Waals surface area (Å²) in [5.41, 5.74) is 8.35. The average molecular weight is 271 g/mol. The first-order chi connectivity index (χ1) is 9.61. The Morgan fingerprint density at radius 1 is 1.35 bits per heavy atom. The van der Waals surface area contributed by atoms with Crippen molar-refractivity contribution >= 4 is 22.5 Å². The van der Waals surface area contributed by atoms with Crippen LogP contribution >= 0.6 is 0 Å². The van der Waals surface area contributed by atoms with Gasteiger partial charge in [-0.3, -0.25) is 9.78 Å². The van der Waals surface area contributed by atoms with Crippen LogP contribution in [0.15, 0.2) is 30.3 Å². The van der Waals surface area contributed by atoms with Gasteiger partial charge in [-0.05, 0) is 25.5 Å². The first kappa shape index (κ1) is 14.5. The van der Waals surface area contributed by atoms with Gasteiger partial charge in [0.25, 0.3) is 0 Å². The second-order valence-electron chi connectivity index (χ2n) is 5.07. The van der Waals surface area contributed by atoms with E-state index in [4.69, 9.17) is 5.73 Å². The fourth-order valence-electron chi connectivity index (χ4n) is 2.13. The number of hydrogen-bond acceptors (Lipinski definition) is 3. The molecule has 4 heteroatoms. The second kappa shape index (κ2) is 6.48. The molecule has 0 aliphatic carbocycles. The summed E-state index contributed by atoms with van der Waals surface area (Å²) in [6, 6.07) is 9.25. The maximum Gasteiger partial charge on any atom is 0.241 e. The van der Waals surface area contributed by atoms with Crippen LogP contribution in [-0.4, -0.2) is 16.9 Å². The monoisotopic (exact) mass is 271 g/mol. The number of hydrogen-bond donors (Lipinski definition) is 2. The minimum absolute atomic E-state index is 0.144. The van der Waals surface area contributed by atoms with Crippen LogP contribution in [0.2, 0.25) is 0 Å². The number of nitrogens with zero attached hydrogens (tertiary/aromatic N) is 1. The van der Waals surface area contributed by atoms with Gasteiger partial charge in [0.05, 0.1) is 17.2 Å². The van der Waals surface area contributed by atoms with E-state index in [1.165, 1.54) is 0 Å². The molecule has 1 atom stereocenters. The number of benzene rings is 1. The number of pyridine rings is 1. The molecule has 106 valence electrons. The van der Waals surface area contributed by atoms with Gasteiger partial charge in [0, 0.05) is 11.1 Å². The summed E-state index contributed by atoms with van der Waals surface area (Å²) in [4.78, 5) is 16.6. The number of para-hydroxylation sites is 1. The maximum absolute atomic E-state index is 12.1. The van der Waals surface area contributed by atoms with Crippen molar-refractivity contribution in [3.8, 4) is 0 Å². The largest absolute Gasteiger partial charge is 0.323 e. The van der Waals surface area contributed by atoms with Gasteiger partial charge in [0.1, 0.15) is 0 Å². The Kier molecular flexibility index (Phi) is 4.69. The maximum atomic E-state index is 12.1. The average Bonchev–Trinajstić information content (AvgIpc) is 2.45. The van der Waals surface area contributed by atoms with Crippen molar-refractivity contribution in [2.45, 2.75) is 39.2 Å². The zero-order valence-electron chi connectivity index (χ0n) is 12.0. The molecular formula is C16H21N3O. The van der Waals surface area contributed by atoms with Gasteiger partial charge in [-0.1, -0.05) is 38.0 Å². The molecule has 0 aliphatic heterocycles. The number of carbonyl (C=O) groups excluding carboxylic acids is 1. The Bertz CT molecular complexity index is 610. The van der Waals surface area contributed by atoms with Crippen molar-refractivity contribution in [3.05, 3.63) is 36.0 Å². The molecule has 0 radical (unpaired) electrons. The molecule has 1 aromatic carbocycles. The van der Waals surface area contributed by atoms with E-state index in [1.807, 2.05) is 37.3 Å². The Morgan fingerprint density at radius 2 is 2.15 bits per heavy atom. The standard InChI is InChI=1S/C16H21N3O/c1-3-4-7-13(17)16(20)19-14-8-5-6-12-10-9-11(2)18-15(12)14/h5-6,8-10,13H,3-4,7,17H2,1-2H3,(H,19,20)/t13-/m0/s1. The van der Waals surface area contributed by atoms with E-state index in [0.717, 1.165) is 35.1 Å². The molecule has 0 unspecified atom stereocenters. The highest BCUT2D eigenvalue weighted by atomic mass is 16.2. The zero-order chi connectivity index (χ0) is 14.5. The molecule has 0 fully saturated rings. The van der Waals surface area contributed by atoms with E-state index in [2.05, 4.69) is 17.2 Å². The lowest BCUT2D eigenvalue weighted by atomic mass is 10.1. The van der Waals surface area contributed by atoms with E-state index >= 15 is 0 Å². The highest BCUT2D eigenvalue weighted by molar-refractivity contribution is 6.02. The summed E-state index contributed by atoms with van der Waals surface area (Å²) in [6.07, 6.45) is 2.71. The Labute approximate surface area is 119 Å². The normalized spacial score (nSPS) is 12.3. The van der Waals surface area contributed by atoms with Crippen LogP contribution in [0.25, 0.3) is 10.9 Å². The predicted molar refractivity (Wildman–Crippen MR) is 82.6 cm³/mol. The fourth-order valence-corrected chi connectivity index (χ4v) is 2.13. The first-order valence-electron chi connectivity index (χ1n) is 7.04. The number of aromatic nitrogens is 1. The molecule has 0 saturated carbocycles. The molecule has 0 spiro atoms. The summed E-state index contributed by atoms with van der Waals surface area (Å²) < 4.78 is 0. The molecule has 2 aromatic rings. The van der Waals surface area contributed by atoms with Crippen molar-refractivity contribution in [2.24, 2.45) is 5.73 Å². The smallest absolute Gasteiger partial charge is 0.241 e. The molecule has 4 nitrogen and oxygen atoms in total. The minimum atomic E-state index is -0.463. The lowest BCUT2D eigenvalue weighted by Gasteiger charge is -2.13. The van der Waals surface area contributed by atoms with Gasteiger partial charge in [0.15, 0.2) is 0 Å². The third-order valence-electron chi connectivity index (χ3n) is 3.32. The quantitative estimate of drug-likeness (QED) is 0.878. The van der Waals surface area contributed by atoms with Crippen LogP contribution in [0.3, 0.4) is 0 Å². The number of amides is 1. The topological polar surface area (TPSA) is 68.0 Å². The molecule has 1 amide bonds. The Balaban J connectivity index is 2.21. The lowest BCUT2D eigenvalue weighted by Crippen LogP contribution is -2.35. The number of rotatable bonds is 5. The van der Waals surface area contributed by atoms with Gasteiger partial charge in [-0.15, -0.1) is 0 Å². The number of carbonyl (C=O) groups is 1. The van der Waals surface area contributed by atoms with Crippen molar-refractivity contribution in [2.75, 3.05) is 5.32 Å². The number of nitrogens with two attached hydrogens (primary N) is 1. The summed E-state index contributed by atoms with van der Waals surface area (Å²) >= 11 is 0. The van der Waals surface area contributed by atoms with E-state index in [-0.39, 0.29) is 5.91 Å². The van der Waals surface area contributed by atoms with Crippen LogP contribution in [0, 0.1) is 6.92 Å². The molecular weight excluding hydrogens is 250 g/mol. The predicted octanol–water partition coefficient (Wildman–Crippen LogP) is 3.00. The van der Waals surface area contributed by atoms with Gasteiger partial charge in [-0.25, -0.2) is 0 Å². The van der Waals surface area contributed by atoms with E-state index < -0.39 is 6.04 Å². The number of aryl methyl sites for hydroxylation is 1. The number of anilines is 1. The molecule has 2 rings (SSSR count). The molecule has 0 bridgehead atoms. The summed E-state index contributed by atoms with van der Waals surface area (Å²) in [6.45, 7) is 4.02. The van der Waals surface area contributed by atoms with E-state index in [1.54, 1.807) is 0 Å². The van der Waals surface area contributed by atoms with Gasteiger partial charge in [-0.2, -0.15) is 0 Å². The molecule has 0 saturated heterocycles. The lowest BCUT2D eigenvalue weighted by molar-refractivity contribution is -0.117. The third-order valence-corrected chi connectivity index (χ3v) is 3.32. The van der Waals surface area contributed by atoms with Gasteiger partial charge < -0.3 is 11.1 Å². The minimum Gasteiger partial charge on any atom is -0.323 e. The summed E-state index contributed by atoms with van der Waals surface area (Å²) in [7, 11) is 0.